The third-order valence-electron chi connectivity index (χ3n) is 4.47. The van der Waals surface area contributed by atoms with Crippen LogP contribution in [-0.2, 0) is 4.79 Å². The summed E-state index contributed by atoms with van der Waals surface area (Å²) < 4.78 is 11.5. The van der Waals surface area contributed by atoms with E-state index in [0.29, 0.717) is 19.0 Å². The van der Waals surface area contributed by atoms with Crippen molar-refractivity contribution in [3.05, 3.63) is 53.6 Å². The van der Waals surface area contributed by atoms with E-state index in [1.165, 1.54) is 5.56 Å². The highest BCUT2D eigenvalue weighted by atomic mass is 32.2. The number of hydrogen-bond donors (Lipinski definition) is 1. The molecule has 1 N–H and O–H groups in total. The van der Waals surface area contributed by atoms with Gasteiger partial charge in [0.15, 0.2) is 11.5 Å². The highest BCUT2D eigenvalue weighted by Gasteiger charge is 2.21. The molecule has 0 aromatic heterocycles. The van der Waals surface area contributed by atoms with Crippen molar-refractivity contribution in [2.75, 3.05) is 19.0 Å². The van der Waals surface area contributed by atoms with Crippen molar-refractivity contribution in [2.24, 2.45) is 5.92 Å². The Balaban J connectivity index is 1.66. The third-order valence-corrected chi connectivity index (χ3v) is 5.47. The molecule has 0 aliphatic carbocycles. The zero-order valence-corrected chi connectivity index (χ0v) is 17.0. The molecule has 1 amide bonds. The maximum Gasteiger partial charge on any atom is 0.230 e. The molecule has 1 heterocycles. The van der Waals surface area contributed by atoms with Crippen LogP contribution in [-0.4, -0.2) is 24.9 Å². The van der Waals surface area contributed by atoms with Crippen LogP contribution in [0.15, 0.2) is 47.4 Å². The molecule has 0 saturated heterocycles. The molecule has 2 aromatic rings. The topological polar surface area (TPSA) is 47.6 Å². The molecule has 2 aromatic carbocycles. The fourth-order valence-electron chi connectivity index (χ4n) is 3.08. The molecule has 0 spiro atoms. The highest BCUT2D eigenvalue weighted by Crippen LogP contribution is 2.34. The summed E-state index contributed by atoms with van der Waals surface area (Å²) in [7, 11) is 0. The van der Waals surface area contributed by atoms with Crippen LogP contribution < -0.4 is 14.8 Å². The van der Waals surface area contributed by atoms with E-state index in [9.17, 15) is 4.79 Å². The standard InChI is InChI=1S/C22H27NO3S/c1-15(2)22(17-8-9-19-20(13-17)26-11-5-10-25-19)23-21(24)14-27-18-7-4-6-16(3)12-18/h4,6-9,12-13,15,22H,5,10-11,14H2,1-3H3,(H,23,24). The molecule has 1 atom stereocenters. The number of rotatable bonds is 6. The Bertz CT molecular complexity index is 791. The minimum Gasteiger partial charge on any atom is -0.490 e. The van der Waals surface area contributed by atoms with Crippen LogP contribution in [0.1, 0.15) is 37.4 Å². The van der Waals surface area contributed by atoms with Crippen molar-refractivity contribution in [1.29, 1.82) is 0 Å². The zero-order chi connectivity index (χ0) is 19.2. The van der Waals surface area contributed by atoms with Crippen LogP contribution in [0.4, 0.5) is 0 Å². The van der Waals surface area contributed by atoms with Gasteiger partial charge >= 0.3 is 0 Å². The van der Waals surface area contributed by atoms with E-state index in [-0.39, 0.29) is 17.9 Å². The first kappa shape index (κ1) is 19.6. The van der Waals surface area contributed by atoms with Crippen molar-refractivity contribution < 1.29 is 14.3 Å². The van der Waals surface area contributed by atoms with E-state index in [1.807, 2.05) is 30.3 Å². The summed E-state index contributed by atoms with van der Waals surface area (Å²) in [5, 5.41) is 3.18. The SMILES string of the molecule is Cc1cccc(SCC(=O)NC(c2ccc3c(c2)OCCCO3)C(C)C)c1. The van der Waals surface area contributed by atoms with Gasteiger partial charge in [-0.2, -0.15) is 0 Å². The average molecular weight is 386 g/mol. The van der Waals surface area contributed by atoms with Crippen molar-refractivity contribution in [2.45, 2.75) is 38.1 Å². The number of ether oxygens (including phenoxy) is 2. The van der Waals surface area contributed by atoms with E-state index in [0.717, 1.165) is 28.4 Å². The van der Waals surface area contributed by atoms with Crippen LogP contribution in [0.3, 0.4) is 0 Å². The molecule has 1 aliphatic heterocycles. The second-order valence-electron chi connectivity index (χ2n) is 7.15. The number of carbonyl (C=O) groups is 1. The van der Waals surface area contributed by atoms with Crippen molar-refractivity contribution >= 4 is 17.7 Å². The second kappa shape index (κ2) is 9.18. The van der Waals surface area contributed by atoms with Gasteiger partial charge in [0.25, 0.3) is 0 Å². The van der Waals surface area contributed by atoms with Crippen LogP contribution >= 0.6 is 11.8 Å². The summed E-state index contributed by atoms with van der Waals surface area (Å²) in [6.07, 6.45) is 0.880. The summed E-state index contributed by atoms with van der Waals surface area (Å²) in [6, 6.07) is 14.1. The monoisotopic (exact) mass is 385 g/mol. The molecular weight excluding hydrogens is 358 g/mol. The number of amides is 1. The van der Waals surface area contributed by atoms with Crippen LogP contribution in [0.2, 0.25) is 0 Å². The number of hydrogen-bond acceptors (Lipinski definition) is 4. The maximum absolute atomic E-state index is 12.5. The van der Waals surface area contributed by atoms with Crippen molar-refractivity contribution in [3.63, 3.8) is 0 Å². The summed E-state index contributed by atoms with van der Waals surface area (Å²) in [5.74, 6) is 2.24. The average Bonchev–Trinajstić information content (AvgIpc) is 2.89. The first-order chi connectivity index (χ1) is 13.0. The van der Waals surface area contributed by atoms with Crippen LogP contribution in [0.5, 0.6) is 11.5 Å². The lowest BCUT2D eigenvalue weighted by Crippen LogP contribution is -2.33. The zero-order valence-electron chi connectivity index (χ0n) is 16.2. The van der Waals surface area contributed by atoms with Gasteiger partial charge in [0, 0.05) is 11.3 Å². The fraction of sp³-hybridized carbons (Fsp3) is 0.409. The number of aryl methyl sites for hydroxylation is 1. The molecule has 1 unspecified atom stereocenters. The first-order valence-electron chi connectivity index (χ1n) is 9.41. The van der Waals surface area contributed by atoms with Gasteiger partial charge in [-0.05, 0) is 42.7 Å². The van der Waals surface area contributed by atoms with Gasteiger partial charge in [0.1, 0.15) is 0 Å². The van der Waals surface area contributed by atoms with Gasteiger partial charge < -0.3 is 14.8 Å². The summed E-state index contributed by atoms with van der Waals surface area (Å²) in [6.45, 7) is 7.61. The smallest absolute Gasteiger partial charge is 0.230 e. The Morgan fingerprint density at radius 3 is 2.63 bits per heavy atom. The second-order valence-corrected chi connectivity index (χ2v) is 8.20. The quantitative estimate of drug-likeness (QED) is 0.728. The number of fused-ring (bicyclic) bond motifs is 1. The van der Waals surface area contributed by atoms with Gasteiger partial charge in [0.2, 0.25) is 5.91 Å². The number of thioether (sulfide) groups is 1. The molecule has 5 heteroatoms. The summed E-state index contributed by atoms with van der Waals surface area (Å²) >= 11 is 1.56. The van der Waals surface area contributed by atoms with Gasteiger partial charge in [-0.25, -0.2) is 0 Å². The largest absolute Gasteiger partial charge is 0.490 e. The van der Waals surface area contributed by atoms with Crippen LogP contribution in [0.25, 0.3) is 0 Å². The Morgan fingerprint density at radius 2 is 1.89 bits per heavy atom. The number of carbonyl (C=O) groups excluding carboxylic acids is 1. The van der Waals surface area contributed by atoms with E-state index < -0.39 is 0 Å². The van der Waals surface area contributed by atoms with Gasteiger partial charge in [0.05, 0.1) is 25.0 Å². The first-order valence-corrected chi connectivity index (χ1v) is 10.4. The van der Waals surface area contributed by atoms with Crippen LogP contribution in [0, 0.1) is 12.8 Å². The minimum absolute atomic E-state index is 0.0346. The lowest BCUT2D eigenvalue weighted by molar-refractivity contribution is -0.119. The van der Waals surface area contributed by atoms with E-state index in [4.69, 9.17) is 9.47 Å². The third kappa shape index (κ3) is 5.42. The van der Waals surface area contributed by atoms with Gasteiger partial charge in [-0.3, -0.25) is 4.79 Å². The summed E-state index contributed by atoms with van der Waals surface area (Å²) in [4.78, 5) is 13.7. The van der Waals surface area contributed by atoms with Gasteiger partial charge in [-0.1, -0.05) is 37.6 Å². The fourth-order valence-corrected chi connectivity index (χ4v) is 3.90. The molecule has 1 aliphatic rings. The van der Waals surface area contributed by atoms with Crippen molar-refractivity contribution in [3.8, 4) is 11.5 Å². The highest BCUT2D eigenvalue weighted by molar-refractivity contribution is 8.00. The number of benzene rings is 2. The normalized spacial score (nSPS) is 14.5. The molecule has 4 nitrogen and oxygen atoms in total. The molecule has 144 valence electrons. The maximum atomic E-state index is 12.5. The molecule has 0 fully saturated rings. The van der Waals surface area contributed by atoms with E-state index >= 15 is 0 Å². The Morgan fingerprint density at radius 1 is 1.11 bits per heavy atom. The van der Waals surface area contributed by atoms with E-state index in [1.54, 1.807) is 11.8 Å². The molecule has 27 heavy (non-hydrogen) atoms. The molecule has 3 rings (SSSR count). The Kier molecular flexibility index (Phi) is 6.67. The van der Waals surface area contributed by atoms with Crippen molar-refractivity contribution in [1.82, 2.24) is 5.32 Å². The molecular formula is C22H27NO3S. The Labute approximate surface area is 165 Å². The molecule has 0 saturated carbocycles. The molecule has 0 radical (unpaired) electrons. The minimum atomic E-state index is -0.0623. The number of nitrogens with one attached hydrogen (secondary N) is 1. The summed E-state index contributed by atoms with van der Waals surface area (Å²) in [5.41, 5.74) is 2.25. The molecule has 0 bridgehead atoms. The predicted molar refractivity (Wildman–Crippen MR) is 110 cm³/mol. The van der Waals surface area contributed by atoms with Gasteiger partial charge in [-0.15, -0.1) is 11.8 Å². The van der Waals surface area contributed by atoms with E-state index in [2.05, 4.69) is 38.2 Å². The lowest BCUT2D eigenvalue weighted by Gasteiger charge is -2.24. The predicted octanol–water partition coefficient (Wildman–Crippen LogP) is 4.76. The lowest BCUT2D eigenvalue weighted by atomic mass is 9.95. The Hall–Kier alpha value is -2.14.